The van der Waals surface area contributed by atoms with Gasteiger partial charge in [0.1, 0.15) is 0 Å². The van der Waals surface area contributed by atoms with Crippen LogP contribution in [0.25, 0.3) is 0 Å². The number of aliphatic carboxylic acids is 1. The van der Waals surface area contributed by atoms with Gasteiger partial charge in [-0.05, 0) is 18.1 Å². The van der Waals surface area contributed by atoms with Crippen LogP contribution >= 0.6 is 0 Å². The van der Waals surface area contributed by atoms with Gasteiger partial charge in [-0.25, -0.2) is 13.2 Å². The van der Waals surface area contributed by atoms with Crippen LogP contribution in [0.1, 0.15) is 17.9 Å². The molecule has 5 heteroatoms. The van der Waals surface area contributed by atoms with E-state index in [9.17, 15) is 18.0 Å². The first-order valence-electron chi connectivity index (χ1n) is 4.38. The van der Waals surface area contributed by atoms with E-state index in [2.05, 4.69) is 0 Å². The van der Waals surface area contributed by atoms with E-state index >= 15 is 0 Å². The average Bonchev–Trinajstić information content (AvgIpc) is 2.94. The summed E-state index contributed by atoms with van der Waals surface area (Å²) in [6.07, 6.45) is 0.275. The topological polar surface area (TPSA) is 37.3 Å². The molecular weight excluding hydrogens is 209 g/mol. The number of benzene rings is 1. The monoisotopic (exact) mass is 216 g/mol. The predicted molar refractivity (Wildman–Crippen MR) is 44.8 cm³/mol. The second-order valence-corrected chi connectivity index (χ2v) is 3.55. The summed E-state index contributed by atoms with van der Waals surface area (Å²) < 4.78 is 38.6. The molecule has 0 spiro atoms. The number of halogens is 3. The molecular formula is C10H7F3O2. The second kappa shape index (κ2) is 3.25. The third-order valence-electron chi connectivity index (χ3n) is 2.57. The highest BCUT2D eigenvalue weighted by Crippen LogP contribution is 2.48. The summed E-state index contributed by atoms with van der Waals surface area (Å²) >= 11 is 0. The van der Waals surface area contributed by atoms with Crippen molar-refractivity contribution in [1.29, 1.82) is 0 Å². The first kappa shape index (κ1) is 10.0. The third kappa shape index (κ3) is 1.58. The Morgan fingerprint density at radius 1 is 1.27 bits per heavy atom. The van der Waals surface area contributed by atoms with Gasteiger partial charge >= 0.3 is 5.97 Å². The molecule has 0 amide bonds. The molecule has 1 aromatic rings. The van der Waals surface area contributed by atoms with Crippen LogP contribution in [-0.2, 0) is 4.79 Å². The maximum Gasteiger partial charge on any atom is 0.307 e. The first-order valence-corrected chi connectivity index (χ1v) is 4.38. The number of hydrogen-bond acceptors (Lipinski definition) is 1. The molecule has 0 aliphatic heterocycles. The molecule has 1 aromatic carbocycles. The van der Waals surface area contributed by atoms with Gasteiger partial charge in [0.15, 0.2) is 17.5 Å². The molecule has 80 valence electrons. The van der Waals surface area contributed by atoms with Gasteiger partial charge in [-0.15, -0.1) is 0 Å². The van der Waals surface area contributed by atoms with Crippen LogP contribution in [0.15, 0.2) is 12.1 Å². The van der Waals surface area contributed by atoms with Crippen molar-refractivity contribution in [2.24, 2.45) is 5.92 Å². The molecule has 2 nitrogen and oxygen atoms in total. The van der Waals surface area contributed by atoms with Crippen molar-refractivity contribution in [3.8, 4) is 0 Å². The van der Waals surface area contributed by atoms with E-state index in [1.807, 2.05) is 0 Å². The van der Waals surface area contributed by atoms with Crippen LogP contribution in [0.4, 0.5) is 13.2 Å². The zero-order valence-electron chi connectivity index (χ0n) is 7.51. The molecule has 0 saturated heterocycles. The standard InChI is InChI=1S/C10H7F3O2/c11-7-2-1-4(8(12)9(7)13)5-3-6(5)10(14)15/h1-2,5-6H,3H2,(H,14,15). The first-order chi connectivity index (χ1) is 7.02. The lowest BCUT2D eigenvalue weighted by molar-refractivity contribution is -0.138. The summed E-state index contributed by atoms with van der Waals surface area (Å²) in [4.78, 5) is 10.5. The largest absolute Gasteiger partial charge is 0.481 e. The minimum Gasteiger partial charge on any atom is -0.481 e. The Balaban J connectivity index is 2.32. The lowest BCUT2D eigenvalue weighted by Gasteiger charge is -2.02. The zero-order valence-corrected chi connectivity index (χ0v) is 7.51. The van der Waals surface area contributed by atoms with Crippen molar-refractivity contribution >= 4 is 5.97 Å². The van der Waals surface area contributed by atoms with Crippen LogP contribution in [-0.4, -0.2) is 11.1 Å². The van der Waals surface area contributed by atoms with Crippen molar-refractivity contribution in [3.63, 3.8) is 0 Å². The molecule has 0 heterocycles. The highest BCUT2D eigenvalue weighted by molar-refractivity contribution is 5.75. The second-order valence-electron chi connectivity index (χ2n) is 3.55. The van der Waals surface area contributed by atoms with E-state index in [-0.39, 0.29) is 12.0 Å². The van der Waals surface area contributed by atoms with Gasteiger partial charge in [-0.2, -0.15) is 0 Å². The maximum absolute atomic E-state index is 13.2. The highest BCUT2D eigenvalue weighted by atomic mass is 19.2. The molecule has 1 aliphatic rings. The molecule has 15 heavy (non-hydrogen) atoms. The minimum absolute atomic E-state index is 0.0544. The van der Waals surface area contributed by atoms with E-state index in [1.165, 1.54) is 0 Å². The molecule has 0 aromatic heterocycles. The Hall–Kier alpha value is -1.52. The van der Waals surface area contributed by atoms with Crippen LogP contribution < -0.4 is 0 Å². The highest BCUT2D eigenvalue weighted by Gasteiger charge is 2.46. The van der Waals surface area contributed by atoms with E-state index < -0.39 is 35.3 Å². The molecule has 0 bridgehead atoms. The normalized spacial score (nSPS) is 23.9. The summed E-state index contributed by atoms with van der Waals surface area (Å²) in [5, 5.41) is 8.61. The summed E-state index contributed by atoms with van der Waals surface area (Å²) in [6, 6.07) is 1.91. The van der Waals surface area contributed by atoms with Crippen LogP contribution in [0.3, 0.4) is 0 Å². The quantitative estimate of drug-likeness (QED) is 0.770. The Morgan fingerprint density at radius 2 is 1.93 bits per heavy atom. The minimum atomic E-state index is -1.54. The molecule has 1 aliphatic carbocycles. The van der Waals surface area contributed by atoms with Crippen molar-refractivity contribution in [3.05, 3.63) is 35.1 Å². The van der Waals surface area contributed by atoms with Gasteiger partial charge in [-0.3, -0.25) is 4.79 Å². The lowest BCUT2D eigenvalue weighted by atomic mass is 10.1. The van der Waals surface area contributed by atoms with Gasteiger partial charge in [0.25, 0.3) is 0 Å². The Labute approximate surface area is 83.3 Å². The fourth-order valence-corrected chi connectivity index (χ4v) is 1.64. The van der Waals surface area contributed by atoms with Gasteiger partial charge in [-0.1, -0.05) is 6.07 Å². The van der Waals surface area contributed by atoms with E-state index in [1.54, 1.807) is 0 Å². The summed E-state index contributed by atoms with van der Waals surface area (Å²) in [6.45, 7) is 0. The SMILES string of the molecule is O=C(O)C1CC1c1ccc(F)c(F)c1F. The van der Waals surface area contributed by atoms with Crippen molar-refractivity contribution in [2.75, 3.05) is 0 Å². The molecule has 2 unspecified atom stereocenters. The van der Waals surface area contributed by atoms with Crippen LogP contribution in [0.2, 0.25) is 0 Å². The third-order valence-corrected chi connectivity index (χ3v) is 2.57. The van der Waals surface area contributed by atoms with Crippen molar-refractivity contribution in [2.45, 2.75) is 12.3 Å². The van der Waals surface area contributed by atoms with E-state index in [4.69, 9.17) is 5.11 Å². The van der Waals surface area contributed by atoms with Crippen molar-refractivity contribution < 1.29 is 23.1 Å². The summed E-state index contributed by atoms with van der Waals surface area (Å²) in [7, 11) is 0. The smallest absolute Gasteiger partial charge is 0.307 e. The summed E-state index contributed by atoms with van der Waals surface area (Å²) in [5.74, 6) is -6.32. The average molecular weight is 216 g/mol. The van der Waals surface area contributed by atoms with Crippen LogP contribution in [0.5, 0.6) is 0 Å². The number of carboxylic acid groups (broad SMARTS) is 1. The molecule has 2 rings (SSSR count). The van der Waals surface area contributed by atoms with Crippen molar-refractivity contribution in [1.82, 2.24) is 0 Å². The lowest BCUT2D eigenvalue weighted by Crippen LogP contribution is -2.02. The molecule has 1 saturated carbocycles. The molecule has 2 atom stereocenters. The zero-order chi connectivity index (χ0) is 11.2. The number of carbonyl (C=O) groups is 1. The number of hydrogen-bond donors (Lipinski definition) is 1. The van der Waals surface area contributed by atoms with Gasteiger partial charge in [0.2, 0.25) is 0 Å². The number of rotatable bonds is 2. The van der Waals surface area contributed by atoms with Gasteiger partial charge in [0.05, 0.1) is 5.92 Å². The summed E-state index contributed by atoms with van der Waals surface area (Å²) in [5.41, 5.74) is -0.0544. The number of carboxylic acids is 1. The van der Waals surface area contributed by atoms with Crippen LogP contribution in [0, 0.1) is 23.4 Å². The van der Waals surface area contributed by atoms with Gasteiger partial charge < -0.3 is 5.11 Å². The van der Waals surface area contributed by atoms with E-state index in [0.717, 1.165) is 12.1 Å². The molecule has 0 radical (unpaired) electrons. The van der Waals surface area contributed by atoms with Gasteiger partial charge in [0, 0.05) is 5.92 Å². The fourth-order valence-electron chi connectivity index (χ4n) is 1.64. The maximum atomic E-state index is 13.2. The predicted octanol–water partition coefficient (Wildman–Crippen LogP) is 2.29. The fraction of sp³-hybridized carbons (Fsp3) is 0.300. The Kier molecular flexibility index (Phi) is 2.17. The molecule has 1 N–H and O–H groups in total. The Bertz CT molecular complexity index is 431. The molecule has 1 fully saturated rings. The Morgan fingerprint density at radius 3 is 2.47 bits per heavy atom. The van der Waals surface area contributed by atoms with E-state index in [0.29, 0.717) is 0 Å².